The Hall–Kier alpha value is -1.69. The fourth-order valence-electron chi connectivity index (χ4n) is 5.01. The molecule has 2 heterocycles. The number of halogens is 2. The summed E-state index contributed by atoms with van der Waals surface area (Å²) >= 11 is 0. The van der Waals surface area contributed by atoms with Crippen molar-refractivity contribution in [2.75, 3.05) is 24.5 Å². The Morgan fingerprint density at radius 2 is 1.85 bits per heavy atom. The Morgan fingerprint density at radius 3 is 2.62 bits per heavy atom. The van der Waals surface area contributed by atoms with E-state index in [0.29, 0.717) is 13.1 Å². The minimum atomic E-state index is -0.479. The van der Waals surface area contributed by atoms with Crippen LogP contribution in [0.2, 0.25) is 0 Å². The van der Waals surface area contributed by atoms with Crippen molar-refractivity contribution in [2.45, 2.75) is 57.1 Å². The Bertz CT molecular complexity index is 690. The number of hydrogen-bond acceptors (Lipinski definition) is 3. The molecule has 0 aromatic heterocycles. The number of carbonyl (C=O) groups is 1. The number of piperidine rings is 1. The topological polar surface area (TPSA) is 43.8 Å². The van der Waals surface area contributed by atoms with Crippen LogP contribution in [0.4, 0.5) is 14.5 Å². The van der Waals surface area contributed by atoms with Crippen molar-refractivity contribution in [2.24, 2.45) is 5.41 Å². The summed E-state index contributed by atoms with van der Waals surface area (Å²) < 4.78 is 27.8. The van der Waals surface area contributed by atoms with Crippen LogP contribution in [0.15, 0.2) is 18.2 Å². The number of likely N-dealkylation sites (tertiary alicyclic amines) is 1. The van der Waals surface area contributed by atoms with Gasteiger partial charge in [0, 0.05) is 31.7 Å². The van der Waals surface area contributed by atoms with E-state index < -0.39 is 17.0 Å². The zero-order valence-electron chi connectivity index (χ0n) is 15.0. The molecule has 4 nitrogen and oxygen atoms in total. The van der Waals surface area contributed by atoms with Gasteiger partial charge in [-0.05, 0) is 57.1 Å². The van der Waals surface area contributed by atoms with Gasteiger partial charge in [0.1, 0.15) is 11.6 Å². The van der Waals surface area contributed by atoms with Crippen molar-refractivity contribution in [1.29, 1.82) is 0 Å². The summed E-state index contributed by atoms with van der Waals surface area (Å²) in [7, 11) is 0. The smallest absolute Gasteiger partial charge is 0.230 e. The first kappa shape index (κ1) is 17.7. The molecule has 2 aliphatic heterocycles. The Labute approximate surface area is 152 Å². The molecule has 0 radical (unpaired) electrons. The van der Waals surface area contributed by atoms with E-state index in [1.807, 2.05) is 9.80 Å². The first-order valence-corrected chi connectivity index (χ1v) is 9.68. The van der Waals surface area contributed by atoms with E-state index in [1.54, 1.807) is 0 Å². The van der Waals surface area contributed by atoms with Crippen LogP contribution in [-0.2, 0) is 4.79 Å². The van der Waals surface area contributed by atoms with Gasteiger partial charge in [-0.3, -0.25) is 4.79 Å². The van der Waals surface area contributed by atoms with Gasteiger partial charge in [0.25, 0.3) is 0 Å². The molecular formula is C20H26F2N2O2. The van der Waals surface area contributed by atoms with Crippen molar-refractivity contribution in [3.05, 3.63) is 29.8 Å². The molecule has 3 fully saturated rings. The third-order valence-corrected chi connectivity index (χ3v) is 6.48. The zero-order valence-corrected chi connectivity index (χ0v) is 15.0. The molecule has 26 heavy (non-hydrogen) atoms. The fraction of sp³-hybridized carbons (Fsp3) is 0.650. The highest BCUT2D eigenvalue weighted by atomic mass is 19.1. The summed E-state index contributed by atoms with van der Waals surface area (Å²) in [6.45, 7) is 1.84. The second-order valence-electron chi connectivity index (χ2n) is 8.11. The largest absolute Gasteiger partial charge is 0.393 e. The fourth-order valence-corrected chi connectivity index (χ4v) is 5.01. The zero-order chi connectivity index (χ0) is 18.3. The van der Waals surface area contributed by atoms with Crippen molar-refractivity contribution in [1.82, 2.24) is 4.90 Å². The summed E-state index contributed by atoms with van der Waals surface area (Å²) in [4.78, 5) is 17.1. The molecule has 2 saturated heterocycles. The van der Waals surface area contributed by atoms with E-state index in [1.165, 1.54) is 6.07 Å². The maximum atomic E-state index is 14.2. The predicted molar refractivity (Wildman–Crippen MR) is 94.8 cm³/mol. The number of aliphatic hydroxyl groups is 1. The summed E-state index contributed by atoms with van der Waals surface area (Å²) in [5.41, 5.74) is -0.219. The van der Waals surface area contributed by atoms with Crippen LogP contribution in [-0.4, -0.2) is 47.7 Å². The van der Waals surface area contributed by atoms with Gasteiger partial charge >= 0.3 is 0 Å². The van der Waals surface area contributed by atoms with Crippen LogP contribution in [0.1, 0.15) is 44.9 Å². The quantitative estimate of drug-likeness (QED) is 0.877. The van der Waals surface area contributed by atoms with Crippen LogP contribution in [0.3, 0.4) is 0 Å². The van der Waals surface area contributed by atoms with Crippen LogP contribution in [0.5, 0.6) is 0 Å². The number of benzene rings is 1. The molecule has 1 aliphatic carbocycles. The minimum Gasteiger partial charge on any atom is -0.393 e. The molecule has 0 bridgehead atoms. The van der Waals surface area contributed by atoms with Gasteiger partial charge in [-0.25, -0.2) is 8.78 Å². The van der Waals surface area contributed by atoms with Gasteiger partial charge in [0.2, 0.25) is 5.91 Å². The highest BCUT2D eigenvalue weighted by Gasteiger charge is 2.50. The highest BCUT2D eigenvalue weighted by molar-refractivity contribution is 5.86. The standard InChI is InChI=1S/C20H26F2N2O2/c21-14-2-7-17(22)18(12-14)23-10-1-8-20(13-23)9-11-24(19(20)26)15-3-5-16(25)6-4-15/h2,7,12,15-16,25H,1,3-6,8-11,13H2/t15-,16+,20-/m0/s1. The molecule has 1 aromatic carbocycles. The molecule has 142 valence electrons. The van der Waals surface area contributed by atoms with E-state index in [-0.39, 0.29) is 23.7 Å². The molecule has 1 aromatic rings. The van der Waals surface area contributed by atoms with E-state index in [4.69, 9.17) is 0 Å². The van der Waals surface area contributed by atoms with Crippen LogP contribution in [0.25, 0.3) is 0 Å². The van der Waals surface area contributed by atoms with Crippen LogP contribution in [0, 0.1) is 17.0 Å². The van der Waals surface area contributed by atoms with Gasteiger partial charge in [0.05, 0.1) is 17.2 Å². The maximum absolute atomic E-state index is 14.2. The number of nitrogens with zero attached hydrogens (tertiary/aromatic N) is 2. The van der Waals surface area contributed by atoms with Gasteiger partial charge in [0.15, 0.2) is 0 Å². The lowest BCUT2D eigenvalue weighted by Crippen LogP contribution is -2.50. The van der Waals surface area contributed by atoms with Crippen molar-refractivity contribution >= 4 is 11.6 Å². The summed E-state index contributed by atoms with van der Waals surface area (Å²) in [5.74, 6) is -0.728. The Balaban J connectivity index is 1.51. The molecule has 1 N–H and O–H groups in total. The predicted octanol–water partition coefficient (Wildman–Crippen LogP) is 3.09. The number of amides is 1. The van der Waals surface area contributed by atoms with Crippen LogP contribution >= 0.6 is 0 Å². The molecule has 0 unspecified atom stereocenters. The number of carbonyl (C=O) groups excluding carboxylic acids is 1. The molecule has 6 heteroatoms. The number of rotatable bonds is 2. The lowest BCUT2D eigenvalue weighted by atomic mass is 9.78. The minimum absolute atomic E-state index is 0.167. The molecule has 1 saturated carbocycles. The lowest BCUT2D eigenvalue weighted by molar-refractivity contribution is -0.139. The molecular weight excluding hydrogens is 338 g/mol. The second kappa shape index (κ2) is 6.80. The molecule has 4 rings (SSSR count). The van der Waals surface area contributed by atoms with Crippen molar-refractivity contribution < 1.29 is 18.7 Å². The van der Waals surface area contributed by atoms with Gasteiger partial charge in [-0.2, -0.15) is 0 Å². The second-order valence-corrected chi connectivity index (χ2v) is 8.11. The van der Waals surface area contributed by atoms with Gasteiger partial charge in [-0.1, -0.05) is 0 Å². The lowest BCUT2D eigenvalue weighted by Gasteiger charge is -2.41. The van der Waals surface area contributed by atoms with E-state index >= 15 is 0 Å². The average molecular weight is 364 g/mol. The Kier molecular flexibility index (Phi) is 4.63. The third-order valence-electron chi connectivity index (χ3n) is 6.48. The highest BCUT2D eigenvalue weighted by Crippen LogP contribution is 2.43. The molecule has 1 amide bonds. The number of anilines is 1. The average Bonchev–Trinajstić information content (AvgIpc) is 2.94. The molecule has 1 spiro atoms. The SMILES string of the molecule is O=C1N([C@H]2CC[C@@H](O)CC2)CC[C@]12CCCN(c1cc(F)ccc1F)C2. The summed E-state index contributed by atoms with van der Waals surface area (Å²) in [6.07, 6.45) is 5.36. The first-order chi connectivity index (χ1) is 12.5. The third kappa shape index (κ3) is 3.08. The van der Waals surface area contributed by atoms with Crippen molar-refractivity contribution in [3.63, 3.8) is 0 Å². The van der Waals surface area contributed by atoms with E-state index in [2.05, 4.69) is 0 Å². The summed E-state index contributed by atoms with van der Waals surface area (Å²) in [6, 6.07) is 3.72. The number of hydrogen-bond donors (Lipinski definition) is 1. The first-order valence-electron chi connectivity index (χ1n) is 9.68. The van der Waals surface area contributed by atoms with Gasteiger partial charge in [-0.15, -0.1) is 0 Å². The Morgan fingerprint density at radius 1 is 1.08 bits per heavy atom. The van der Waals surface area contributed by atoms with E-state index in [9.17, 15) is 18.7 Å². The monoisotopic (exact) mass is 364 g/mol. The normalized spacial score (nSPS) is 32.5. The number of aliphatic hydroxyl groups excluding tert-OH is 1. The molecule has 1 atom stereocenters. The maximum Gasteiger partial charge on any atom is 0.230 e. The molecule has 3 aliphatic rings. The van der Waals surface area contributed by atoms with E-state index in [0.717, 1.165) is 63.6 Å². The summed E-state index contributed by atoms with van der Waals surface area (Å²) in [5, 5.41) is 9.71. The van der Waals surface area contributed by atoms with Crippen LogP contribution < -0.4 is 4.90 Å². The van der Waals surface area contributed by atoms with Crippen molar-refractivity contribution in [3.8, 4) is 0 Å². The van der Waals surface area contributed by atoms with Gasteiger partial charge < -0.3 is 14.9 Å².